The second kappa shape index (κ2) is 10.3. The number of hydrogen-bond acceptors (Lipinski definition) is 6. The van der Waals surface area contributed by atoms with Crippen LogP contribution in [0.4, 0.5) is 15.9 Å². The Bertz CT molecular complexity index is 1510. The molecule has 0 spiro atoms. The van der Waals surface area contributed by atoms with Crippen molar-refractivity contribution in [1.29, 1.82) is 0 Å². The first-order valence-corrected chi connectivity index (χ1v) is 12.7. The van der Waals surface area contributed by atoms with Crippen molar-refractivity contribution >= 4 is 17.3 Å². The zero-order valence-electron chi connectivity index (χ0n) is 21.3. The summed E-state index contributed by atoms with van der Waals surface area (Å²) in [5.41, 5.74) is 2.87. The summed E-state index contributed by atoms with van der Waals surface area (Å²) < 4.78 is 14.6. The molecule has 1 saturated carbocycles. The van der Waals surface area contributed by atoms with Crippen LogP contribution in [-0.4, -0.2) is 31.3 Å². The first kappa shape index (κ1) is 25.5. The van der Waals surface area contributed by atoms with E-state index in [1.165, 1.54) is 6.07 Å². The highest BCUT2D eigenvalue weighted by Gasteiger charge is 2.25. The first-order valence-electron chi connectivity index (χ1n) is 12.7. The maximum absolute atomic E-state index is 14.6. The number of H-pyrrole nitrogens is 2. The molecule has 38 heavy (non-hydrogen) atoms. The monoisotopic (exact) mass is 515 g/mol. The molecule has 0 unspecified atom stereocenters. The van der Waals surface area contributed by atoms with Crippen molar-refractivity contribution in [3.63, 3.8) is 0 Å². The van der Waals surface area contributed by atoms with Crippen LogP contribution in [0.25, 0.3) is 11.3 Å². The summed E-state index contributed by atoms with van der Waals surface area (Å²) in [5.74, 6) is 0.665. The van der Waals surface area contributed by atoms with Gasteiger partial charge in [0, 0.05) is 35.2 Å². The van der Waals surface area contributed by atoms with Crippen molar-refractivity contribution in [2.45, 2.75) is 57.5 Å². The second-order valence-corrected chi connectivity index (χ2v) is 10.3. The SMILES string of the molecule is CC(C)(O)c1ccc(C(=O)CCCc2cc(-c3cc(Nc4cc(C5CC5)[nH]n4)c(=O)[nH]n3)ccc2F)cc1. The normalized spacial score (nSPS) is 13.5. The lowest BCUT2D eigenvalue weighted by molar-refractivity contribution is 0.0784. The molecule has 0 bridgehead atoms. The third kappa shape index (κ3) is 5.89. The number of Topliss-reactive ketones (excluding diaryl/α,β-unsaturated/α-hetero) is 1. The molecule has 4 N–H and O–H groups in total. The summed E-state index contributed by atoms with van der Waals surface area (Å²) in [6, 6.07) is 15.1. The molecule has 0 radical (unpaired) electrons. The third-order valence-corrected chi connectivity index (χ3v) is 6.79. The van der Waals surface area contributed by atoms with Gasteiger partial charge in [0.2, 0.25) is 0 Å². The van der Waals surface area contributed by atoms with Gasteiger partial charge in [0.25, 0.3) is 5.56 Å². The highest BCUT2D eigenvalue weighted by Crippen LogP contribution is 2.39. The minimum Gasteiger partial charge on any atom is -0.386 e. The highest BCUT2D eigenvalue weighted by atomic mass is 19.1. The summed E-state index contributed by atoms with van der Waals surface area (Å²) in [6.45, 7) is 3.38. The van der Waals surface area contributed by atoms with Gasteiger partial charge >= 0.3 is 0 Å². The number of aromatic amines is 2. The van der Waals surface area contributed by atoms with E-state index in [9.17, 15) is 19.1 Å². The Morgan fingerprint density at radius 3 is 2.55 bits per heavy atom. The van der Waals surface area contributed by atoms with Crippen LogP contribution in [0.5, 0.6) is 0 Å². The minimum absolute atomic E-state index is 0.0370. The highest BCUT2D eigenvalue weighted by molar-refractivity contribution is 5.96. The van der Waals surface area contributed by atoms with Crippen molar-refractivity contribution < 1.29 is 14.3 Å². The van der Waals surface area contributed by atoms with E-state index in [0.717, 1.165) is 24.1 Å². The largest absolute Gasteiger partial charge is 0.386 e. The zero-order valence-corrected chi connectivity index (χ0v) is 21.3. The summed E-state index contributed by atoms with van der Waals surface area (Å²) in [4.78, 5) is 25.0. The van der Waals surface area contributed by atoms with Crippen LogP contribution in [0.15, 0.2) is 59.4 Å². The van der Waals surface area contributed by atoms with E-state index in [1.807, 2.05) is 6.07 Å². The second-order valence-electron chi connectivity index (χ2n) is 10.3. The lowest BCUT2D eigenvalue weighted by Crippen LogP contribution is -2.15. The number of ketones is 1. The molecule has 2 aromatic carbocycles. The predicted octanol–water partition coefficient (Wildman–Crippen LogP) is 5.35. The van der Waals surface area contributed by atoms with E-state index in [0.29, 0.717) is 47.0 Å². The molecule has 0 saturated heterocycles. The van der Waals surface area contributed by atoms with Crippen molar-refractivity contribution in [2.75, 3.05) is 5.32 Å². The molecule has 9 heteroatoms. The quantitative estimate of drug-likeness (QED) is 0.211. The van der Waals surface area contributed by atoms with Crippen LogP contribution in [0.2, 0.25) is 0 Å². The summed E-state index contributed by atoms with van der Waals surface area (Å²) in [7, 11) is 0. The summed E-state index contributed by atoms with van der Waals surface area (Å²) in [5, 5.41) is 27.0. The van der Waals surface area contributed by atoms with Gasteiger partial charge in [0.05, 0.1) is 11.3 Å². The van der Waals surface area contributed by atoms with E-state index in [2.05, 4.69) is 25.7 Å². The average molecular weight is 516 g/mol. The fourth-order valence-corrected chi connectivity index (χ4v) is 4.36. The van der Waals surface area contributed by atoms with Crippen molar-refractivity contribution in [3.05, 3.63) is 93.2 Å². The molecular weight excluding hydrogens is 485 g/mol. The Labute approximate surface area is 219 Å². The molecule has 2 aromatic heterocycles. The molecule has 8 nitrogen and oxygen atoms in total. The number of rotatable bonds is 10. The van der Waals surface area contributed by atoms with E-state index in [-0.39, 0.29) is 29.3 Å². The van der Waals surface area contributed by atoms with Gasteiger partial charge in [0.15, 0.2) is 11.6 Å². The molecule has 0 aliphatic heterocycles. The predicted molar refractivity (Wildman–Crippen MR) is 143 cm³/mol. The molecule has 1 fully saturated rings. The summed E-state index contributed by atoms with van der Waals surface area (Å²) >= 11 is 0. The number of nitrogens with zero attached hydrogens (tertiary/aromatic N) is 2. The van der Waals surface area contributed by atoms with Crippen molar-refractivity contribution in [1.82, 2.24) is 20.4 Å². The van der Waals surface area contributed by atoms with Gasteiger partial charge in [-0.1, -0.05) is 24.3 Å². The van der Waals surface area contributed by atoms with Gasteiger partial charge in [-0.15, -0.1) is 0 Å². The van der Waals surface area contributed by atoms with Crippen LogP contribution < -0.4 is 10.9 Å². The molecular formula is C29H30FN5O3. The fraction of sp³-hybridized carbons (Fsp3) is 0.310. The number of halogens is 1. The molecule has 1 aliphatic carbocycles. The van der Waals surface area contributed by atoms with Crippen LogP contribution in [0, 0.1) is 5.82 Å². The molecule has 0 atom stereocenters. The Morgan fingerprint density at radius 2 is 1.84 bits per heavy atom. The molecule has 4 aromatic rings. The lowest BCUT2D eigenvalue weighted by Gasteiger charge is -2.17. The van der Waals surface area contributed by atoms with Gasteiger partial charge in [-0.05, 0) is 74.9 Å². The molecule has 1 aliphatic rings. The van der Waals surface area contributed by atoms with Crippen LogP contribution in [-0.2, 0) is 12.0 Å². The Balaban J connectivity index is 1.25. The first-order chi connectivity index (χ1) is 18.2. The van der Waals surface area contributed by atoms with Gasteiger partial charge in [-0.3, -0.25) is 14.7 Å². The third-order valence-electron chi connectivity index (χ3n) is 6.79. The van der Waals surface area contributed by atoms with E-state index in [4.69, 9.17) is 0 Å². The fourth-order valence-electron chi connectivity index (χ4n) is 4.36. The summed E-state index contributed by atoms with van der Waals surface area (Å²) in [6.07, 6.45) is 3.39. The standard InChI is InChI=1S/C29H30FN5O3/c1-29(2,38)21-11-8-18(9-12-21)26(36)5-3-4-19-14-20(10-13-22(19)30)23-15-25(28(37)35-33-23)31-27-16-24(32-34-27)17-6-7-17/h8-17,38H,3-7H2,1-2H3,(H,35,37)(H2,31,32,33,34). The Kier molecular flexibility index (Phi) is 6.94. The molecule has 196 valence electrons. The number of benzene rings is 2. The van der Waals surface area contributed by atoms with Crippen LogP contribution >= 0.6 is 0 Å². The van der Waals surface area contributed by atoms with E-state index < -0.39 is 5.60 Å². The van der Waals surface area contributed by atoms with E-state index >= 15 is 0 Å². The van der Waals surface area contributed by atoms with Crippen LogP contribution in [0.3, 0.4) is 0 Å². The molecule has 0 amide bonds. The number of anilines is 2. The number of carbonyl (C=O) groups is 1. The molecule has 2 heterocycles. The maximum atomic E-state index is 14.6. The van der Waals surface area contributed by atoms with E-state index in [1.54, 1.807) is 56.3 Å². The van der Waals surface area contributed by atoms with Gasteiger partial charge in [0.1, 0.15) is 11.5 Å². The smallest absolute Gasteiger partial charge is 0.287 e. The minimum atomic E-state index is -0.972. The maximum Gasteiger partial charge on any atom is 0.287 e. The van der Waals surface area contributed by atoms with Crippen LogP contribution in [0.1, 0.15) is 72.6 Å². The Hall–Kier alpha value is -4.11. The van der Waals surface area contributed by atoms with Crippen molar-refractivity contribution in [3.8, 4) is 11.3 Å². The number of aryl methyl sites for hydroxylation is 1. The number of nitrogens with one attached hydrogen (secondary N) is 3. The number of aliphatic hydroxyl groups is 1. The zero-order chi connectivity index (χ0) is 26.9. The topological polar surface area (TPSA) is 124 Å². The van der Waals surface area contributed by atoms with Crippen molar-refractivity contribution in [2.24, 2.45) is 0 Å². The van der Waals surface area contributed by atoms with Gasteiger partial charge in [-0.25, -0.2) is 9.49 Å². The number of hydrogen-bond donors (Lipinski definition) is 4. The lowest BCUT2D eigenvalue weighted by atomic mass is 9.95. The number of carbonyl (C=O) groups excluding carboxylic acids is 1. The average Bonchev–Trinajstić information content (AvgIpc) is 3.64. The molecule has 5 rings (SSSR count). The van der Waals surface area contributed by atoms with Gasteiger partial charge < -0.3 is 10.4 Å². The van der Waals surface area contributed by atoms with Gasteiger partial charge in [-0.2, -0.15) is 10.2 Å². The number of aromatic nitrogens is 4. The Morgan fingerprint density at radius 1 is 1.08 bits per heavy atom.